The molecule has 0 bridgehead atoms. The molecular weight excluding hydrogens is 275 g/mol. The van der Waals surface area contributed by atoms with Gasteiger partial charge in [0.25, 0.3) is 0 Å². The number of halogens is 1. The molecular formula is C15H21FN2OS. The maximum absolute atomic E-state index is 12.8. The van der Waals surface area contributed by atoms with E-state index in [-0.39, 0.29) is 17.6 Å². The third kappa shape index (κ3) is 4.21. The highest BCUT2D eigenvalue weighted by atomic mass is 32.2. The highest BCUT2D eigenvalue weighted by Crippen LogP contribution is 2.22. The number of carbonyl (C=O) groups excluding carboxylic acids is 1. The molecule has 0 saturated carbocycles. The normalized spacial score (nSPS) is 20.8. The first-order valence-electron chi connectivity index (χ1n) is 6.97. The van der Waals surface area contributed by atoms with E-state index in [4.69, 9.17) is 0 Å². The van der Waals surface area contributed by atoms with E-state index in [1.54, 1.807) is 23.9 Å². The zero-order chi connectivity index (χ0) is 14.5. The van der Waals surface area contributed by atoms with Crippen LogP contribution in [0.5, 0.6) is 0 Å². The van der Waals surface area contributed by atoms with Crippen molar-refractivity contribution < 1.29 is 9.18 Å². The standard InChI is InChI=1S/C15H21FN2OS/c1-11(10-20-14-5-3-13(16)4-6-14)15(19)18-8-7-17-12(2)9-18/h3-6,11-12,17H,7-10H2,1-2H3. The van der Waals surface area contributed by atoms with Crippen LogP contribution in [0.25, 0.3) is 0 Å². The third-order valence-electron chi connectivity index (χ3n) is 3.42. The van der Waals surface area contributed by atoms with Gasteiger partial charge >= 0.3 is 0 Å². The van der Waals surface area contributed by atoms with Gasteiger partial charge in [-0.3, -0.25) is 4.79 Å². The van der Waals surface area contributed by atoms with Crippen LogP contribution in [-0.4, -0.2) is 42.2 Å². The van der Waals surface area contributed by atoms with Gasteiger partial charge in [-0.25, -0.2) is 4.39 Å². The fourth-order valence-electron chi connectivity index (χ4n) is 2.27. The molecule has 110 valence electrons. The van der Waals surface area contributed by atoms with Crippen LogP contribution in [0.15, 0.2) is 29.2 Å². The number of piperazine rings is 1. The molecule has 20 heavy (non-hydrogen) atoms. The first kappa shape index (κ1) is 15.3. The van der Waals surface area contributed by atoms with Gasteiger partial charge < -0.3 is 10.2 Å². The Labute approximate surface area is 123 Å². The van der Waals surface area contributed by atoms with Crippen LogP contribution >= 0.6 is 11.8 Å². The van der Waals surface area contributed by atoms with Crippen molar-refractivity contribution in [2.45, 2.75) is 24.8 Å². The van der Waals surface area contributed by atoms with E-state index in [0.717, 1.165) is 30.3 Å². The Kier molecular flexibility index (Phi) is 5.43. The Balaban J connectivity index is 1.83. The van der Waals surface area contributed by atoms with E-state index in [1.807, 2.05) is 11.8 Å². The molecule has 1 aliphatic rings. The molecule has 2 rings (SSSR count). The summed E-state index contributed by atoms with van der Waals surface area (Å²) in [7, 11) is 0. The summed E-state index contributed by atoms with van der Waals surface area (Å²) >= 11 is 1.60. The van der Waals surface area contributed by atoms with Crippen LogP contribution in [-0.2, 0) is 4.79 Å². The predicted octanol–water partition coefficient (Wildman–Crippen LogP) is 2.37. The summed E-state index contributed by atoms with van der Waals surface area (Å²) in [5.41, 5.74) is 0. The van der Waals surface area contributed by atoms with Crippen LogP contribution < -0.4 is 5.32 Å². The van der Waals surface area contributed by atoms with Gasteiger partial charge in [-0.05, 0) is 31.2 Å². The molecule has 2 unspecified atom stereocenters. The number of hydrogen-bond acceptors (Lipinski definition) is 3. The third-order valence-corrected chi connectivity index (χ3v) is 4.69. The fraction of sp³-hybridized carbons (Fsp3) is 0.533. The molecule has 2 atom stereocenters. The Morgan fingerprint density at radius 3 is 2.85 bits per heavy atom. The van der Waals surface area contributed by atoms with E-state index < -0.39 is 0 Å². The lowest BCUT2D eigenvalue weighted by molar-refractivity contribution is -0.135. The van der Waals surface area contributed by atoms with Gasteiger partial charge in [0.15, 0.2) is 0 Å². The zero-order valence-electron chi connectivity index (χ0n) is 11.9. The summed E-state index contributed by atoms with van der Waals surface area (Å²) in [4.78, 5) is 15.3. The molecule has 0 aliphatic carbocycles. The smallest absolute Gasteiger partial charge is 0.226 e. The van der Waals surface area contributed by atoms with Crippen molar-refractivity contribution in [3.63, 3.8) is 0 Å². The van der Waals surface area contributed by atoms with Crippen molar-refractivity contribution in [1.29, 1.82) is 0 Å². The lowest BCUT2D eigenvalue weighted by Crippen LogP contribution is -2.52. The second-order valence-electron chi connectivity index (χ2n) is 5.31. The van der Waals surface area contributed by atoms with Gasteiger partial charge in [-0.2, -0.15) is 0 Å². The maximum Gasteiger partial charge on any atom is 0.226 e. The zero-order valence-corrected chi connectivity index (χ0v) is 12.8. The van der Waals surface area contributed by atoms with Crippen LogP contribution in [0.4, 0.5) is 4.39 Å². The lowest BCUT2D eigenvalue weighted by Gasteiger charge is -2.33. The topological polar surface area (TPSA) is 32.3 Å². The lowest BCUT2D eigenvalue weighted by atomic mass is 10.1. The monoisotopic (exact) mass is 296 g/mol. The molecule has 1 amide bonds. The van der Waals surface area contributed by atoms with E-state index in [9.17, 15) is 9.18 Å². The molecule has 1 saturated heterocycles. The minimum Gasteiger partial charge on any atom is -0.340 e. The second-order valence-corrected chi connectivity index (χ2v) is 6.40. The van der Waals surface area contributed by atoms with E-state index in [1.165, 1.54) is 12.1 Å². The summed E-state index contributed by atoms with van der Waals surface area (Å²) in [6.45, 7) is 6.49. The molecule has 1 fully saturated rings. The molecule has 1 aromatic rings. The van der Waals surface area contributed by atoms with Gasteiger partial charge in [0.2, 0.25) is 5.91 Å². The quantitative estimate of drug-likeness (QED) is 0.866. The Hall–Kier alpha value is -1.07. The van der Waals surface area contributed by atoms with Gasteiger partial charge in [-0.15, -0.1) is 11.8 Å². The predicted molar refractivity (Wildman–Crippen MR) is 80.3 cm³/mol. The van der Waals surface area contributed by atoms with Gasteiger partial charge in [0, 0.05) is 42.2 Å². The second kappa shape index (κ2) is 7.09. The highest BCUT2D eigenvalue weighted by molar-refractivity contribution is 7.99. The number of amides is 1. The number of benzene rings is 1. The highest BCUT2D eigenvalue weighted by Gasteiger charge is 2.24. The number of carbonyl (C=O) groups is 1. The summed E-state index contributed by atoms with van der Waals surface area (Å²) < 4.78 is 12.8. The average molecular weight is 296 g/mol. The molecule has 1 N–H and O–H groups in total. The maximum atomic E-state index is 12.8. The number of nitrogens with one attached hydrogen (secondary N) is 1. The summed E-state index contributed by atoms with van der Waals surface area (Å²) in [5.74, 6) is 0.694. The van der Waals surface area contributed by atoms with Gasteiger partial charge in [0.05, 0.1) is 0 Å². The molecule has 1 aliphatic heterocycles. The summed E-state index contributed by atoms with van der Waals surface area (Å²) in [6.07, 6.45) is 0. The molecule has 0 aromatic heterocycles. The van der Waals surface area contributed by atoms with Gasteiger partial charge in [-0.1, -0.05) is 6.92 Å². The molecule has 1 aromatic carbocycles. The first-order valence-corrected chi connectivity index (χ1v) is 7.95. The van der Waals surface area contributed by atoms with Crippen molar-refractivity contribution in [3.05, 3.63) is 30.1 Å². The molecule has 0 spiro atoms. The van der Waals surface area contributed by atoms with E-state index in [2.05, 4.69) is 12.2 Å². The Bertz CT molecular complexity index is 452. The molecule has 0 radical (unpaired) electrons. The van der Waals surface area contributed by atoms with E-state index in [0.29, 0.717) is 6.04 Å². The first-order chi connectivity index (χ1) is 9.56. The van der Waals surface area contributed by atoms with Crippen molar-refractivity contribution in [1.82, 2.24) is 10.2 Å². The Morgan fingerprint density at radius 2 is 2.20 bits per heavy atom. The summed E-state index contributed by atoms with van der Waals surface area (Å²) in [5, 5.41) is 3.33. The number of rotatable bonds is 4. The van der Waals surface area contributed by atoms with Crippen molar-refractivity contribution >= 4 is 17.7 Å². The molecule has 3 nitrogen and oxygen atoms in total. The number of nitrogens with zero attached hydrogens (tertiary/aromatic N) is 1. The average Bonchev–Trinajstić information content (AvgIpc) is 2.45. The minimum atomic E-state index is -0.228. The van der Waals surface area contributed by atoms with Crippen molar-refractivity contribution in [2.75, 3.05) is 25.4 Å². The molecule has 1 heterocycles. The minimum absolute atomic E-state index is 0.0182. The van der Waals surface area contributed by atoms with Crippen LogP contribution in [0.3, 0.4) is 0 Å². The van der Waals surface area contributed by atoms with Crippen LogP contribution in [0.2, 0.25) is 0 Å². The number of thioether (sulfide) groups is 1. The fourth-order valence-corrected chi connectivity index (χ4v) is 3.18. The summed E-state index contributed by atoms with van der Waals surface area (Å²) in [6, 6.07) is 6.78. The SMILES string of the molecule is CC1CN(C(=O)C(C)CSc2ccc(F)cc2)CCN1. The van der Waals surface area contributed by atoms with Crippen molar-refractivity contribution in [2.24, 2.45) is 5.92 Å². The molecule has 5 heteroatoms. The number of hydrogen-bond donors (Lipinski definition) is 1. The largest absolute Gasteiger partial charge is 0.340 e. The van der Waals surface area contributed by atoms with Crippen LogP contribution in [0.1, 0.15) is 13.8 Å². The van der Waals surface area contributed by atoms with Crippen LogP contribution in [0, 0.1) is 11.7 Å². The van der Waals surface area contributed by atoms with E-state index >= 15 is 0 Å². The van der Waals surface area contributed by atoms with Gasteiger partial charge in [0.1, 0.15) is 5.82 Å². The Morgan fingerprint density at radius 1 is 1.50 bits per heavy atom. The van der Waals surface area contributed by atoms with Crippen molar-refractivity contribution in [3.8, 4) is 0 Å².